The van der Waals surface area contributed by atoms with Gasteiger partial charge in [0.25, 0.3) is 0 Å². The largest absolute Gasteiger partial charge is 0.353 e. The van der Waals surface area contributed by atoms with E-state index in [1.54, 1.807) is 13.8 Å². The summed E-state index contributed by atoms with van der Waals surface area (Å²) in [5.41, 5.74) is 0.185. The Morgan fingerprint density at radius 2 is 1.46 bits per heavy atom. The van der Waals surface area contributed by atoms with Crippen LogP contribution in [0.15, 0.2) is 0 Å². The highest BCUT2D eigenvalue weighted by atomic mass is 16.2. The van der Waals surface area contributed by atoms with Crippen LogP contribution in [0.25, 0.3) is 0 Å². The van der Waals surface area contributed by atoms with Gasteiger partial charge in [0, 0.05) is 25.9 Å². The van der Waals surface area contributed by atoms with Gasteiger partial charge in [-0.15, -0.1) is 0 Å². The normalized spacial score (nSPS) is 23.0. The lowest BCUT2D eigenvalue weighted by molar-refractivity contribution is -0.121. The third-order valence-corrected chi connectivity index (χ3v) is 6.60. The van der Waals surface area contributed by atoms with Crippen LogP contribution in [0, 0.1) is 22.7 Å². The number of carbonyl (C=O) groups excluding carboxylic acids is 2. The summed E-state index contributed by atoms with van der Waals surface area (Å²) in [4.78, 5) is 23.4. The van der Waals surface area contributed by atoms with Crippen molar-refractivity contribution in [2.45, 2.75) is 119 Å². The number of hydrogen-bond acceptors (Lipinski definition) is 2. The summed E-state index contributed by atoms with van der Waals surface area (Å²) in [6.07, 6.45) is 9.45. The molecule has 0 aromatic rings. The molecule has 2 amide bonds. The average molecular weight is 395 g/mol. The molecule has 4 nitrogen and oxygen atoms in total. The molecule has 1 aliphatic carbocycles. The summed E-state index contributed by atoms with van der Waals surface area (Å²) in [6.45, 7) is 16.8. The maximum atomic E-state index is 11.7. The molecule has 3 unspecified atom stereocenters. The van der Waals surface area contributed by atoms with Crippen molar-refractivity contribution in [3.63, 3.8) is 0 Å². The Balaban J connectivity index is 2.75. The van der Waals surface area contributed by atoms with Crippen LogP contribution >= 0.6 is 0 Å². The second kappa shape index (κ2) is 10.6. The van der Waals surface area contributed by atoms with Crippen LogP contribution in [-0.4, -0.2) is 23.9 Å². The fourth-order valence-electron chi connectivity index (χ4n) is 5.09. The molecule has 0 spiro atoms. The molecule has 0 saturated heterocycles. The van der Waals surface area contributed by atoms with Gasteiger partial charge in [0.1, 0.15) is 0 Å². The van der Waals surface area contributed by atoms with Gasteiger partial charge in [-0.1, -0.05) is 67.2 Å². The van der Waals surface area contributed by atoms with Crippen molar-refractivity contribution in [3.8, 4) is 0 Å². The lowest BCUT2D eigenvalue weighted by atomic mass is 9.68. The van der Waals surface area contributed by atoms with E-state index >= 15 is 0 Å². The molecule has 0 aliphatic heterocycles. The van der Waals surface area contributed by atoms with Crippen molar-refractivity contribution in [3.05, 3.63) is 0 Å². The second-order valence-electron chi connectivity index (χ2n) is 11.0. The van der Waals surface area contributed by atoms with Gasteiger partial charge in [0.15, 0.2) is 0 Å². The van der Waals surface area contributed by atoms with Crippen molar-refractivity contribution in [1.82, 2.24) is 10.6 Å². The van der Waals surface area contributed by atoms with Gasteiger partial charge in [-0.05, 0) is 48.3 Å². The summed E-state index contributed by atoms with van der Waals surface area (Å²) >= 11 is 0. The Bertz CT molecular complexity index is 507. The first kappa shape index (κ1) is 25.0. The zero-order chi connectivity index (χ0) is 21.5. The Morgan fingerprint density at radius 1 is 0.929 bits per heavy atom. The first-order valence-electron chi connectivity index (χ1n) is 11.4. The molecule has 28 heavy (non-hydrogen) atoms. The van der Waals surface area contributed by atoms with E-state index in [0.717, 1.165) is 25.7 Å². The van der Waals surface area contributed by atoms with E-state index in [0.29, 0.717) is 11.8 Å². The minimum absolute atomic E-state index is 0.0751. The van der Waals surface area contributed by atoms with E-state index in [-0.39, 0.29) is 34.7 Å². The smallest absolute Gasteiger partial charge is 0.217 e. The highest BCUT2D eigenvalue weighted by Crippen LogP contribution is 2.41. The Morgan fingerprint density at radius 3 is 1.96 bits per heavy atom. The number of rotatable bonds is 9. The zero-order valence-corrected chi connectivity index (χ0v) is 19.8. The van der Waals surface area contributed by atoms with Crippen molar-refractivity contribution >= 4 is 11.8 Å². The van der Waals surface area contributed by atoms with Crippen molar-refractivity contribution < 1.29 is 9.59 Å². The first-order valence-corrected chi connectivity index (χ1v) is 11.4. The van der Waals surface area contributed by atoms with Gasteiger partial charge in [-0.3, -0.25) is 9.59 Å². The predicted octanol–water partition coefficient (Wildman–Crippen LogP) is 5.45. The molecule has 164 valence electrons. The van der Waals surface area contributed by atoms with E-state index in [4.69, 9.17) is 0 Å². The average Bonchev–Trinajstić information content (AvgIpc) is 2.52. The molecule has 1 saturated carbocycles. The maximum Gasteiger partial charge on any atom is 0.217 e. The first-order chi connectivity index (χ1) is 12.8. The van der Waals surface area contributed by atoms with Crippen molar-refractivity contribution in [2.24, 2.45) is 22.7 Å². The van der Waals surface area contributed by atoms with Crippen LogP contribution in [0.5, 0.6) is 0 Å². The van der Waals surface area contributed by atoms with E-state index in [9.17, 15) is 9.59 Å². The summed E-state index contributed by atoms with van der Waals surface area (Å²) < 4.78 is 0. The molecule has 1 fully saturated rings. The monoisotopic (exact) mass is 394 g/mol. The second-order valence-corrected chi connectivity index (χ2v) is 11.0. The zero-order valence-electron chi connectivity index (χ0n) is 19.8. The van der Waals surface area contributed by atoms with Gasteiger partial charge in [-0.2, -0.15) is 0 Å². The summed E-state index contributed by atoms with van der Waals surface area (Å²) in [6, 6.07) is 0.478. The number of hydrogen-bond donors (Lipinski definition) is 2. The quantitative estimate of drug-likeness (QED) is 0.546. The highest BCUT2D eigenvalue weighted by Gasteiger charge is 2.36. The van der Waals surface area contributed by atoms with Gasteiger partial charge in [0.05, 0.1) is 0 Å². The minimum atomic E-state index is 0.0751. The third-order valence-electron chi connectivity index (χ3n) is 6.60. The Hall–Kier alpha value is -1.06. The van der Waals surface area contributed by atoms with Crippen LogP contribution in [-0.2, 0) is 9.59 Å². The summed E-state index contributed by atoms with van der Waals surface area (Å²) in [5, 5.41) is 6.41. The van der Waals surface area contributed by atoms with Gasteiger partial charge < -0.3 is 10.6 Å². The maximum absolute atomic E-state index is 11.7. The molecule has 0 aromatic carbocycles. The standard InChI is InChI=1S/C24H46N2O2/c1-9-11-21(25-17(2)27)24(7,8)16-20-13-10-12-19(14-20)15-22(23(4,5)6)26-18(3)28/h19-22H,9-16H2,1-8H3,(H,25,27)(H,26,28)/t19?,20?,21-,22?/m0/s1. The fraction of sp³-hybridized carbons (Fsp3) is 0.917. The van der Waals surface area contributed by atoms with Crippen LogP contribution < -0.4 is 10.6 Å². The molecule has 2 N–H and O–H groups in total. The summed E-state index contributed by atoms with van der Waals surface area (Å²) in [5.74, 6) is 1.54. The van der Waals surface area contributed by atoms with Crippen molar-refractivity contribution in [2.75, 3.05) is 0 Å². The molecule has 0 heterocycles. The van der Waals surface area contributed by atoms with Gasteiger partial charge >= 0.3 is 0 Å². The SMILES string of the molecule is CCC[C@H](NC(C)=O)C(C)(C)CC1CCCC(CC(NC(C)=O)C(C)(C)C)C1. The van der Waals surface area contributed by atoms with Crippen LogP contribution in [0.2, 0.25) is 0 Å². The lowest BCUT2D eigenvalue weighted by Gasteiger charge is -2.41. The fourth-order valence-corrected chi connectivity index (χ4v) is 5.09. The topological polar surface area (TPSA) is 58.2 Å². The van der Waals surface area contributed by atoms with Gasteiger partial charge in [-0.25, -0.2) is 0 Å². The van der Waals surface area contributed by atoms with E-state index < -0.39 is 0 Å². The number of nitrogens with one attached hydrogen (secondary N) is 2. The Labute approximate surface area is 174 Å². The van der Waals surface area contributed by atoms with Crippen LogP contribution in [0.1, 0.15) is 107 Å². The molecular formula is C24H46N2O2. The molecule has 1 rings (SSSR count). The van der Waals surface area contributed by atoms with Gasteiger partial charge in [0.2, 0.25) is 11.8 Å². The van der Waals surface area contributed by atoms with Crippen molar-refractivity contribution in [1.29, 1.82) is 0 Å². The summed E-state index contributed by atoms with van der Waals surface area (Å²) in [7, 11) is 0. The van der Waals surface area contributed by atoms with E-state index in [1.807, 2.05) is 0 Å². The highest BCUT2D eigenvalue weighted by molar-refractivity contribution is 5.73. The molecule has 0 aromatic heterocycles. The minimum Gasteiger partial charge on any atom is -0.353 e. The predicted molar refractivity (Wildman–Crippen MR) is 118 cm³/mol. The lowest BCUT2D eigenvalue weighted by Crippen LogP contribution is -2.46. The van der Waals surface area contributed by atoms with Crippen LogP contribution in [0.4, 0.5) is 0 Å². The molecule has 0 radical (unpaired) electrons. The number of amides is 2. The molecular weight excluding hydrogens is 348 g/mol. The number of carbonyl (C=O) groups is 2. The molecule has 4 atom stereocenters. The molecule has 1 aliphatic rings. The Kier molecular flexibility index (Phi) is 9.49. The van der Waals surface area contributed by atoms with Crippen LogP contribution in [0.3, 0.4) is 0 Å². The van der Waals surface area contributed by atoms with E-state index in [1.165, 1.54) is 25.7 Å². The molecule has 0 bridgehead atoms. The third kappa shape index (κ3) is 8.53. The molecule has 4 heteroatoms. The van der Waals surface area contributed by atoms with E-state index in [2.05, 4.69) is 52.2 Å².